The number of amides is 1. The topological polar surface area (TPSA) is 32.3 Å². The summed E-state index contributed by atoms with van der Waals surface area (Å²) >= 11 is 0. The smallest absolute Gasteiger partial charge is 0.224 e. The number of unbranched alkanes of at least 4 members (excludes halogenated alkanes) is 1. The van der Waals surface area contributed by atoms with Crippen LogP contribution in [0.3, 0.4) is 0 Å². The highest BCUT2D eigenvalue weighted by atomic mass is 16.2. The Morgan fingerprint density at radius 3 is 2.14 bits per heavy atom. The fraction of sp³-hybridized carbons (Fsp3) is 0.947. The lowest BCUT2D eigenvalue weighted by Gasteiger charge is -2.47. The van der Waals surface area contributed by atoms with Gasteiger partial charge in [0.05, 0.1) is 0 Å². The molecule has 2 saturated carbocycles. The first-order valence-corrected chi connectivity index (χ1v) is 9.74. The van der Waals surface area contributed by atoms with E-state index in [2.05, 4.69) is 17.1 Å². The van der Waals surface area contributed by atoms with Crippen LogP contribution in [0.1, 0.15) is 90.4 Å². The summed E-state index contributed by atoms with van der Waals surface area (Å²) in [6, 6.07) is 0. The lowest BCUT2D eigenvalue weighted by Crippen LogP contribution is -2.61. The second-order valence-corrected chi connectivity index (χ2v) is 8.15. The molecule has 3 aliphatic rings. The normalized spacial score (nSPS) is 28.0. The molecule has 0 atom stereocenters. The molecule has 126 valence electrons. The van der Waals surface area contributed by atoms with Crippen LogP contribution in [-0.4, -0.2) is 35.0 Å². The van der Waals surface area contributed by atoms with Crippen molar-refractivity contribution in [2.45, 2.75) is 101 Å². The molecule has 3 heteroatoms. The van der Waals surface area contributed by atoms with Gasteiger partial charge in [0.25, 0.3) is 0 Å². The van der Waals surface area contributed by atoms with E-state index in [0.717, 1.165) is 25.9 Å². The SMILES string of the molecule is CCCCN1CC2(CCCCC2)NC2(CCCCC2)CC1=O. The highest BCUT2D eigenvalue weighted by Gasteiger charge is 2.47. The lowest BCUT2D eigenvalue weighted by atomic mass is 9.74. The standard InChI is InChI=1S/C19H34N2O/c1-2-3-14-21-16-19(12-8-5-9-13-19)20-18(15-17(21)22)10-6-4-7-11-18/h20H,2-16H2,1H3. The van der Waals surface area contributed by atoms with E-state index in [-0.39, 0.29) is 11.1 Å². The van der Waals surface area contributed by atoms with E-state index >= 15 is 0 Å². The number of hydrogen-bond donors (Lipinski definition) is 1. The zero-order valence-electron chi connectivity index (χ0n) is 14.5. The van der Waals surface area contributed by atoms with E-state index in [4.69, 9.17) is 0 Å². The molecule has 3 nitrogen and oxygen atoms in total. The van der Waals surface area contributed by atoms with Gasteiger partial charge in [-0.3, -0.25) is 4.79 Å². The molecule has 1 heterocycles. The van der Waals surface area contributed by atoms with Gasteiger partial charge in [-0.2, -0.15) is 0 Å². The van der Waals surface area contributed by atoms with E-state index in [1.165, 1.54) is 70.6 Å². The first-order valence-electron chi connectivity index (χ1n) is 9.74. The van der Waals surface area contributed by atoms with Gasteiger partial charge in [-0.15, -0.1) is 0 Å². The summed E-state index contributed by atoms with van der Waals surface area (Å²) in [5.74, 6) is 0.422. The number of rotatable bonds is 3. The molecule has 0 bridgehead atoms. The number of hydrogen-bond acceptors (Lipinski definition) is 2. The summed E-state index contributed by atoms with van der Waals surface area (Å²) in [4.78, 5) is 15.1. The molecule has 0 aromatic carbocycles. The van der Waals surface area contributed by atoms with Gasteiger partial charge in [0, 0.05) is 30.6 Å². The summed E-state index contributed by atoms with van der Waals surface area (Å²) in [5.41, 5.74) is 0.336. The maximum Gasteiger partial charge on any atom is 0.224 e. The highest BCUT2D eigenvalue weighted by molar-refractivity contribution is 5.78. The van der Waals surface area contributed by atoms with E-state index in [0.29, 0.717) is 5.91 Å². The fourth-order valence-electron chi connectivity index (χ4n) is 5.10. The molecule has 22 heavy (non-hydrogen) atoms. The number of carbonyl (C=O) groups is 1. The first kappa shape index (κ1) is 16.3. The van der Waals surface area contributed by atoms with Crippen LogP contribution in [0.4, 0.5) is 0 Å². The summed E-state index contributed by atoms with van der Waals surface area (Å²) in [7, 11) is 0. The van der Waals surface area contributed by atoms with Crippen molar-refractivity contribution in [2.75, 3.05) is 13.1 Å². The van der Waals surface area contributed by atoms with Crippen LogP contribution in [0, 0.1) is 0 Å². The number of nitrogens with zero attached hydrogens (tertiary/aromatic N) is 1. The Morgan fingerprint density at radius 2 is 1.55 bits per heavy atom. The second kappa shape index (κ2) is 6.90. The molecular weight excluding hydrogens is 272 g/mol. The van der Waals surface area contributed by atoms with Gasteiger partial charge in [0.15, 0.2) is 0 Å². The van der Waals surface area contributed by atoms with Crippen molar-refractivity contribution in [3.63, 3.8) is 0 Å². The number of carbonyl (C=O) groups excluding carboxylic acids is 1. The average molecular weight is 306 g/mol. The molecule has 3 rings (SSSR count). The summed E-state index contributed by atoms with van der Waals surface area (Å²) in [5, 5.41) is 4.12. The molecule has 1 aliphatic heterocycles. The third-order valence-electron chi connectivity index (χ3n) is 6.27. The second-order valence-electron chi connectivity index (χ2n) is 8.15. The molecule has 3 fully saturated rings. The summed E-state index contributed by atoms with van der Waals surface area (Å²) in [6.45, 7) is 4.15. The van der Waals surface area contributed by atoms with Crippen LogP contribution in [-0.2, 0) is 4.79 Å². The third-order valence-corrected chi connectivity index (χ3v) is 6.27. The highest BCUT2D eigenvalue weighted by Crippen LogP contribution is 2.40. The molecule has 2 spiro atoms. The maximum atomic E-state index is 12.9. The summed E-state index contributed by atoms with van der Waals surface area (Å²) in [6.07, 6.45) is 16.0. The van der Waals surface area contributed by atoms with Crippen molar-refractivity contribution in [1.82, 2.24) is 10.2 Å². The van der Waals surface area contributed by atoms with Crippen LogP contribution in [0.25, 0.3) is 0 Å². The monoisotopic (exact) mass is 306 g/mol. The van der Waals surface area contributed by atoms with E-state index < -0.39 is 0 Å². The van der Waals surface area contributed by atoms with Crippen molar-refractivity contribution in [3.8, 4) is 0 Å². The third kappa shape index (κ3) is 3.50. The van der Waals surface area contributed by atoms with Gasteiger partial charge < -0.3 is 10.2 Å². The van der Waals surface area contributed by atoms with Crippen LogP contribution < -0.4 is 5.32 Å². The average Bonchev–Trinajstić information content (AvgIpc) is 2.62. The molecule has 1 amide bonds. The molecule has 1 N–H and O–H groups in total. The Hall–Kier alpha value is -0.570. The van der Waals surface area contributed by atoms with Crippen LogP contribution in [0.5, 0.6) is 0 Å². The first-order chi connectivity index (χ1) is 10.7. The van der Waals surface area contributed by atoms with Gasteiger partial charge in [0.2, 0.25) is 5.91 Å². The van der Waals surface area contributed by atoms with Crippen molar-refractivity contribution < 1.29 is 4.79 Å². The van der Waals surface area contributed by atoms with E-state index in [9.17, 15) is 4.79 Å². The minimum absolute atomic E-state index is 0.119. The lowest BCUT2D eigenvalue weighted by molar-refractivity contribution is -0.132. The van der Waals surface area contributed by atoms with Crippen LogP contribution in [0.2, 0.25) is 0 Å². The Kier molecular flexibility index (Phi) is 5.11. The zero-order chi connectivity index (χ0) is 15.5. The molecule has 0 aromatic heterocycles. The zero-order valence-corrected chi connectivity index (χ0v) is 14.5. The predicted octanol–water partition coefficient (Wildman–Crippen LogP) is 4.01. The molecule has 2 aliphatic carbocycles. The molecule has 0 aromatic rings. The van der Waals surface area contributed by atoms with Gasteiger partial charge in [-0.1, -0.05) is 51.9 Å². The van der Waals surface area contributed by atoms with Gasteiger partial charge in [0.1, 0.15) is 0 Å². The van der Waals surface area contributed by atoms with Crippen molar-refractivity contribution >= 4 is 5.91 Å². The van der Waals surface area contributed by atoms with Gasteiger partial charge in [-0.05, 0) is 32.1 Å². The minimum Gasteiger partial charge on any atom is -0.341 e. The predicted molar refractivity (Wildman–Crippen MR) is 90.9 cm³/mol. The number of nitrogens with one attached hydrogen (secondary N) is 1. The molecule has 1 saturated heterocycles. The summed E-state index contributed by atoms with van der Waals surface area (Å²) < 4.78 is 0. The van der Waals surface area contributed by atoms with Crippen LogP contribution in [0.15, 0.2) is 0 Å². The van der Waals surface area contributed by atoms with Crippen LogP contribution >= 0.6 is 0 Å². The van der Waals surface area contributed by atoms with Gasteiger partial charge >= 0.3 is 0 Å². The van der Waals surface area contributed by atoms with Crippen molar-refractivity contribution in [1.29, 1.82) is 0 Å². The largest absolute Gasteiger partial charge is 0.341 e. The van der Waals surface area contributed by atoms with Crippen molar-refractivity contribution in [2.24, 2.45) is 0 Å². The Morgan fingerprint density at radius 1 is 0.955 bits per heavy atom. The Balaban J connectivity index is 1.82. The molecule has 0 unspecified atom stereocenters. The fourth-order valence-corrected chi connectivity index (χ4v) is 5.10. The quantitative estimate of drug-likeness (QED) is 0.854. The van der Waals surface area contributed by atoms with Gasteiger partial charge in [-0.25, -0.2) is 0 Å². The molecule has 0 radical (unpaired) electrons. The Bertz CT molecular complexity index is 381. The minimum atomic E-state index is 0.119. The van der Waals surface area contributed by atoms with Crippen molar-refractivity contribution in [3.05, 3.63) is 0 Å². The molecular formula is C19H34N2O. The maximum absolute atomic E-state index is 12.9. The Labute approximate surface area is 136 Å². The van der Waals surface area contributed by atoms with E-state index in [1.807, 2.05) is 0 Å². The van der Waals surface area contributed by atoms with E-state index in [1.54, 1.807) is 0 Å².